The third-order valence-corrected chi connectivity index (χ3v) is 4.05. The predicted octanol–water partition coefficient (Wildman–Crippen LogP) is 2.16. The first-order valence-corrected chi connectivity index (χ1v) is 7.29. The minimum atomic E-state index is -0.245. The molecular formula is C16H25NO2. The second-order valence-electron chi connectivity index (χ2n) is 5.38. The number of hydrogen-bond donors (Lipinski definition) is 2. The van der Waals surface area contributed by atoms with E-state index in [1.165, 1.54) is 17.5 Å². The van der Waals surface area contributed by atoms with Crippen LogP contribution in [-0.2, 0) is 12.8 Å². The lowest BCUT2D eigenvalue weighted by Crippen LogP contribution is -2.37. The van der Waals surface area contributed by atoms with Crippen LogP contribution in [0.4, 0.5) is 0 Å². The van der Waals surface area contributed by atoms with E-state index in [-0.39, 0.29) is 6.10 Å². The van der Waals surface area contributed by atoms with Gasteiger partial charge < -0.3 is 15.2 Å². The van der Waals surface area contributed by atoms with Crippen LogP contribution >= 0.6 is 0 Å². The second kappa shape index (κ2) is 6.92. The van der Waals surface area contributed by atoms with Gasteiger partial charge in [-0.05, 0) is 55.3 Å². The summed E-state index contributed by atoms with van der Waals surface area (Å²) in [4.78, 5) is 0. The minimum absolute atomic E-state index is 0.245. The molecule has 1 aromatic rings. The molecule has 2 N–H and O–H groups in total. The quantitative estimate of drug-likeness (QED) is 0.855. The SMILES string of the molecule is CCc1cc(CC(O)C2CCCNC2)ccc1OC. The van der Waals surface area contributed by atoms with Crippen molar-refractivity contribution in [1.82, 2.24) is 5.32 Å². The van der Waals surface area contributed by atoms with E-state index < -0.39 is 0 Å². The number of ether oxygens (including phenoxy) is 1. The number of nitrogens with one attached hydrogen (secondary N) is 1. The van der Waals surface area contributed by atoms with Gasteiger partial charge in [-0.2, -0.15) is 0 Å². The van der Waals surface area contributed by atoms with Gasteiger partial charge in [-0.3, -0.25) is 0 Å². The Balaban J connectivity index is 2.01. The van der Waals surface area contributed by atoms with Crippen molar-refractivity contribution in [3.8, 4) is 5.75 Å². The summed E-state index contributed by atoms with van der Waals surface area (Å²) in [5.41, 5.74) is 2.42. The Kier molecular flexibility index (Phi) is 5.23. The summed E-state index contributed by atoms with van der Waals surface area (Å²) in [7, 11) is 1.71. The Labute approximate surface area is 116 Å². The van der Waals surface area contributed by atoms with Crippen molar-refractivity contribution in [3.05, 3.63) is 29.3 Å². The maximum atomic E-state index is 10.3. The first-order chi connectivity index (χ1) is 9.24. The van der Waals surface area contributed by atoms with Crippen molar-refractivity contribution >= 4 is 0 Å². The van der Waals surface area contributed by atoms with Crippen molar-refractivity contribution in [3.63, 3.8) is 0 Å². The summed E-state index contributed by atoms with van der Waals surface area (Å²) in [6.07, 6.45) is 3.75. The third kappa shape index (κ3) is 3.71. The number of aryl methyl sites for hydroxylation is 1. The van der Waals surface area contributed by atoms with Gasteiger partial charge in [-0.15, -0.1) is 0 Å². The van der Waals surface area contributed by atoms with E-state index in [1.54, 1.807) is 7.11 Å². The van der Waals surface area contributed by atoms with Gasteiger partial charge in [0.05, 0.1) is 13.2 Å². The molecule has 0 spiro atoms. The predicted molar refractivity (Wildman–Crippen MR) is 77.7 cm³/mol. The van der Waals surface area contributed by atoms with E-state index in [1.807, 2.05) is 6.07 Å². The van der Waals surface area contributed by atoms with Crippen molar-refractivity contribution in [2.75, 3.05) is 20.2 Å². The lowest BCUT2D eigenvalue weighted by molar-refractivity contribution is 0.0922. The molecule has 3 nitrogen and oxygen atoms in total. The molecule has 0 aromatic heterocycles. The molecule has 3 heteroatoms. The summed E-state index contributed by atoms with van der Waals surface area (Å²) in [5, 5.41) is 13.7. The summed E-state index contributed by atoms with van der Waals surface area (Å²) in [5.74, 6) is 1.33. The van der Waals surface area contributed by atoms with E-state index in [0.717, 1.165) is 38.1 Å². The molecule has 1 aliphatic heterocycles. The fourth-order valence-corrected chi connectivity index (χ4v) is 2.85. The highest BCUT2D eigenvalue weighted by molar-refractivity contribution is 5.37. The maximum absolute atomic E-state index is 10.3. The highest BCUT2D eigenvalue weighted by Gasteiger charge is 2.21. The fraction of sp³-hybridized carbons (Fsp3) is 0.625. The van der Waals surface area contributed by atoms with Gasteiger partial charge in [-0.25, -0.2) is 0 Å². The van der Waals surface area contributed by atoms with E-state index >= 15 is 0 Å². The summed E-state index contributed by atoms with van der Waals surface area (Å²) < 4.78 is 5.34. The number of piperidine rings is 1. The molecule has 1 saturated heterocycles. The van der Waals surface area contributed by atoms with Crippen LogP contribution in [0, 0.1) is 5.92 Å². The van der Waals surface area contributed by atoms with Gasteiger partial charge in [0.2, 0.25) is 0 Å². The van der Waals surface area contributed by atoms with E-state index in [4.69, 9.17) is 4.74 Å². The van der Waals surface area contributed by atoms with Crippen LogP contribution in [-0.4, -0.2) is 31.4 Å². The molecule has 0 saturated carbocycles. The molecule has 2 unspecified atom stereocenters. The van der Waals surface area contributed by atoms with Crippen molar-refractivity contribution in [1.29, 1.82) is 0 Å². The van der Waals surface area contributed by atoms with Crippen LogP contribution < -0.4 is 10.1 Å². The third-order valence-electron chi connectivity index (χ3n) is 4.05. The minimum Gasteiger partial charge on any atom is -0.496 e. The van der Waals surface area contributed by atoms with Gasteiger partial charge >= 0.3 is 0 Å². The smallest absolute Gasteiger partial charge is 0.122 e. The molecule has 1 heterocycles. The number of aliphatic hydroxyl groups is 1. The Morgan fingerprint density at radius 1 is 1.47 bits per heavy atom. The van der Waals surface area contributed by atoms with Crippen LogP contribution in [0.2, 0.25) is 0 Å². The monoisotopic (exact) mass is 263 g/mol. The number of rotatable bonds is 5. The van der Waals surface area contributed by atoms with Gasteiger partial charge in [0.15, 0.2) is 0 Å². The van der Waals surface area contributed by atoms with Gasteiger partial charge in [0.25, 0.3) is 0 Å². The fourth-order valence-electron chi connectivity index (χ4n) is 2.85. The molecule has 0 aliphatic carbocycles. The van der Waals surface area contributed by atoms with Crippen LogP contribution in [0.5, 0.6) is 5.75 Å². The molecule has 106 valence electrons. The molecule has 0 amide bonds. The zero-order valence-electron chi connectivity index (χ0n) is 12.0. The van der Waals surface area contributed by atoms with E-state index in [0.29, 0.717) is 5.92 Å². The lowest BCUT2D eigenvalue weighted by Gasteiger charge is -2.27. The Bertz CT molecular complexity index is 400. The molecule has 2 rings (SSSR count). The average molecular weight is 263 g/mol. The summed E-state index contributed by atoms with van der Waals surface area (Å²) in [6, 6.07) is 6.25. The van der Waals surface area contributed by atoms with Gasteiger partial charge in [0.1, 0.15) is 5.75 Å². The lowest BCUT2D eigenvalue weighted by atomic mass is 9.89. The highest BCUT2D eigenvalue weighted by Crippen LogP contribution is 2.23. The van der Waals surface area contributed by atoms with Crippen molar-refractivity contribution < 1.29 is 9.84 Å². The second-order valence-corrected chi connectivity index (χ2v) is 5.38. The van der Waals surface area contributed by atoms with Gasteiger partial charge in [0, 0.05) is 6.54 Å². The number of hydrogen-bond acceptors (Lipinski definition) is 3. The van der Waals surface area contributed by atoms with Crippen LogP contribution in [0.3, 0.4) is 0 Å². The highest BCUT2D eigenvalue weighted by atomic mass is 16.5. The molecule has 0 bridgehead atoms. The topological polar surface area (TPSA) is 41.5 Å². The molecule has 1 fully saturated rings. The first-order valence-electron chi connectivity index (χ1n) is 7.29. The largest absolute Gasteiger partial charge is 0.496 e. The molecule has 1 aromatic carbocycles. The van der Waals surface area contributed by atoms with Crippen molar-refractivity contribution in [2.24, 2.45) is 5.92 Å². The Morgan fingerprint density at radius 3 is 2.95 bits per heavy atom. The van der Waals surface area contributed by atoms with Crippen molar-refractivity contribution in [2.45, 2.75) is 38.7 Å². The Morgan fingerprint density at radius 2 is 2.32 bits per heavy atom. The molecular weight excluding hydrogens is 238 g/mol. The molecule has 2 atom stereocenters. The number of benzene rings is 1. The Hall–Kier alpha value is -1.06. The van der Waals surface area contributed by atoms with Crippen LogP contribution in [0.1, 0.15) is 30.9 Å². The zero-order chi connectivity index (χ0) is 13.7. The van der Waals surface area contributed by atoms with Gasteiger partial charge in [-0.1, -0.05) is 19.1 Å². The first kappa shape index (κ1) is 14.4. The number of methoxy groups -OCH3 is 1. The zero-order valence-corrected chi connectivity index (χ0v) is 12.0. The summed E-state index contributed by atoms with van der Waals surface area (Å²) >= 11 is 0. The van der Waals surface area contributed by atoms with E-state index in [9.17, 15) is 5.11 Å². The molecule has 1 aliphatic rings. The summed E-state index contributed by atoms with van der Waals surface area (Å²) in [6.45, 7) is 4.16. The maximum Gasteiger partial charge on any atom is 0.122 e. The number of aliphatic hydroxyl groups excluding tert-OH is 1. The molecule has 0 radical (unpaired) electrons. The average Bonchev–Trinajstić information content (AvgIpc) is 2.48. The standard InChI is InChI=1S/C16H25NO2/c1-3-13-9-12(6-7-16(13)19-2)10-15(18)14-5-4-8-17-11-14/h6-7,9,14-15,17-18H,3-5,8,10-11H2,1-2H3. The molecule has 19 heavy (non-hydrogen) atoms. The van der Waals surface area contributed by atoms with E-state index in [2.05, 4.69) is 24.4 Å². The van der Waals surface area contributed by atoms with Crippen LogP contribution in [0.25, 0.3) is 0 Å². The normalized spacial score (nSPS) is 21.1. The van der Waals surface area contributed by atoms with Crippen LogP contribution in [0.15, 0.2) is 18.2 Å².